The molecule has 1 aliphatic rings. The van der Waals surface area contributed by atoms with Crippen molar-refractivity contribution < 1.29 is 23.9 Å². The third kappa shape index (κ3) is 7.20. The van der Waals surface area contributed by atoms with Crippen molar-refractivity contribution >= 4 is 18.0 Å². The van der Waals surface area contributed by atoms with E-state index < -0.39 is 24.0 Å². The minimum absolute atomic E-state index is 0.0141. The molecule has 0 saturated heterocycles. The summed E-state index contributed by atoms with van der Waals surface area (Å²) in [5, 5.41) is 5.27. The Balaban J connectivity index is 1.08. The topological polar surface area (TPSA) is 120 Å². The summed E-state index contributed by atoms with van der Waals surface area (Å²) in [6, 6.07) is 24.9. The zero-order valence-electron chi connectivity index (χ0n) is 21.2. The number of hydrogen-bond acceptors (Lipinski definition) is 6. The highest BCUT2D eigenvalue weighted by atomic mass is 16.5. The molecule has 0 saturated carbocycles. The molecule has 1 aliphatic carbocycles. The molecule has 4 N–H and O–H groups in total. The number of unbranched alkanes of at least 4 members (excludes halogenated alkanes) is 1. The van der Waals surface area contributed by atoms with Crippen LogP contribution in [0.5, 0.6) is 0 Å². The number of fused-ring (bicyclic) bond motifs is 3. The molecule has 8 nitrogen and oxygen atoms in total. The summed E-state index contributed by atoms with van der Waals surface area (Å²) in [6.45, 7) is 0.594. The quantitative estimate of drug-likeness (QED) is 0.249. The fourth-order valence-electron chi connectivity index (χ4n) is 4.54. The molecule has 0 spiro atoms. The van der Waals surface area contributed by atoms with E-state index in [0.29, 0.717) is 25.8 Å². The van der Waals surface area contributed by atoms with Crippen molar-refractivity contribution in [2.75, 3.05) is 19.7 Å². The normalized spacial score (nSPS) is 12.7. The molecule has 0 bridgehead atoms. The van der Waals surface area contributed by atoms with Crippen molar-refractivity contribution in [1.29, 1.82) is 0 Å². The highest BCUT2D eigenvalue weighted by Crippen LogP contribution is 2.44. The van der Waals surface area contributed by atoms with E-state index in [4.69, 9.17) is 15.2 Å². The summed E-state index contributed by atoms with van der Waals surface area (Å²) < 4.78 is 10.7. The maximum absolute atomic E-state index is 12.3. The number of benzene rings is 3. The average Bonchev–Trinajstić information content (AvgIpc) is 3.27. The second-order valence-corrected chi connectivity index (χ2v) is 9.22. The first-order chi connectivity index (χ1) is 18.5. The first-order valence-corrected chi connectivity index (χ1v) is 12.8. The van der Waals surface area contributed by atoms with Gasteiger partial charge in [0.2, 0.25) is 5.91 Å². The van der Waals surface area contributed by atoms with Crippen LogP contribution in [0.1, 0.15) is 41.9 Å². The number of amides is 2. The Labute approximate surface area is 222 Å². The number of alkyl carbamates (subject to hydrolysis) is 1. The first kappa shape index (κ1) is 26.9. The van der Waals surface area contributed by atoms with Gasteiger partial charge in [-0.3, -0.25) is 9.59 Å². The van der Waals surface area contributed by atoms with E-state index in [1.807, 2.05) is 54.6 Å². The predicted molar refractivity (Wildman–Crippen MR) is 144 cm³/mol. The second-order valence-electron chi connectivity index (χ2n) is 9.22. The van der Waals surface area contributed by atoms with E-state index in [2.05, 4.69) is 34.9 Å². The van der Waals surface area contributed by atoms with Gasteiger partial charge in [-0.25, -0.2) is 4.79 Å². The van der Waals surface area contributed by atoms with Crippen LogP contribution >= 0.6 is 0 Å². The van der Waals surface area contributed by atoms with Gasteiger partial charge in [0.25, 0.3) is 0 Å². The van der Waals surface area contributed by atoms with E-state index in [0.717, 1.165) is 5.56 Å². The highest BCUT2D eigenvalue weighted by molar-refractivity contribution is 5.85. The van der Waals surface area contributed by atoms with Gasteiger partial charge in [0, 0.05) is 12.5 Å². The number of nitrogens with one attached hydrogen (secondary N) is 2. The minimum atomic E-state index is -0.744. The predicted octanol–water partition coefficient (Wildman–Crippen LogP) is 3.88. The van der Waals surface area contributed by atoms with Crippen LogP contribution in [0, 0.1) is 0 Å². The van der Waals surface area contributed by atoms with Crippen LogP contribution in [-0.4, -0.2) is 43.7 Å². The molecule has 0 aliphatic heterocycles. The summed E-state index contributed by atoms with van der Waals surface area (Å²) in [5.41, 5.74) is 11.5. The SMILES string of the molecule is NC(CCCCNC(=O)OCC1c2ccccc2-c2ccccc21)C(=O)NCC(=O)OCc1ccccc1. The fraction of sp³-hybridized carbons (Fsp3) is 0.300. The number of hydrogen-bond donors (Lipinski definition) is 3. The van der Waals surface area contributed by atoms with Gasteiger partial charge in [0.1, 0.15) is 19.8 Å². The molecule has 0 radical (unpaired) electrons. The highest BCUT2D eigenvalue weighted by Gasteiger charge is 2.28. The molecule has 0 heterocycles. The van der Waals surface area contributed by atoms with Crippen molar-refractivity contribution in [3.8, 4) is 11.1 Å². The summed E-state index contributed by atoms with van der Waals surface area (Å²) in [4.78, 5) is 36.2. The Bertz CT molecular complexity index is 1200. The molecule has 1 unspecified atom stereocenters. The second kappa shape index (κ2) is 13.4. The molecule has 198 valence electrons. The standard InChI is InChI=1S/C30H33N3O5/c31-27(29(35)33-18-28(34)37-19-21-10-2-1-3-11-21)16-8-9-17-32-30(36)38-20-26-24-14-6-4-12-22(24)23-13-5-7-15-25(23)26/h1-7,10-15,26-27H,8-9,16-20,31H2,(H,32,36)(H,33,35). The van der Waals surface area contributed by atoms with E-state index >= 15 is 0 Å². The molecular formula is C30H33N3O5. The van der Waals surface area contributed by atoms with Crippen molar-refractivity contribution in [3.05, 3.63) is 95.6 Å². The first-order valence-electron chi connectivity index (χ1n) is 12.8. The molecule has 8 heteroatoms. The third-order valence-electron chi connectivity index (χ3n) is 6.54. The summed E-state index contributed by atoms with van der Waals surface area (Å²) >= 11 is 0. The van der Waals surface area contributed by atoms with Crippen molar-refractivity contribution in [3.63, 3.8) is 0 Å². The minimum Gasteiger partial charge on any atom is -0.460 e. The number of nitrogens with two attached hydrogens (primary N) is 1. The van der Waals surface area contributed by atoms with Crippen LogP contribution in [0.3, 0.4) is 0 Å². The van der Waals surface area contributed by atoms with Gasteiger partial charge in [0.05, 0.1) is 6.04 Å². The average molecular weight is 516 g/mol. The Hall–Kier alpha value is -4.17. The van der Waals surface area contributed by atoms with Gasteiger partial charge in [-0.1, -0.05) is 78.9 Å². The lowest BCUT2D eigenvalue weighted by molar-refractivity contribution is -0.145. The van der Waals surface area contributed by atoms with E-state index in [1.165, 1.54) is 22.3 Å². The molecule has 1 atom stereocenters. The molecule has 3 aromatic carbocycles. The van der Waals surface area contributed by atoms with E-state index in [9.17, 15) is 14.4 Å². The summed E-state index contributed by atoms with van der Waals surface area (Å²) in [6.07, 6.45) is 1.24. The van der Waals surface area contributed by atoms with Crippen molar-refractivity contribution in [2.24, 2.45) is 5.73 Å². The van der Waals surface area contributed by atoms with Crippen molar-refractivity contribution in [2.45, 2.75) is 37.8 Å². The van der Waals surface area contributed by atoms with Crippen molar-refractivity contribution in [1.82, 2.24) is 10.6 Å². The number of carbonyl (C=O) groups is 3. The lowest BCUT2D eigenvalue weighted by Crippen LogP contribution is -2.42. The Kier molecular flexibility index (Phi) is 9.48. The van der Waals surface area contributed by atoms with Gasteiger partial charge < -0.3 is 25.8 Å². The number of carbonyl (C=O) groups excluding carboxylic acids is 3. The summed E-state index contributed by atoms with van der Waals surface area (Å²) in [5.74, 6) is -0.923. The zero-order chi connectivity index (χ0) is 26.7. The Morgan fingerprint density at radius 2 is 1.42 bits per heavy atom. The number of ether oxygens (including phenoxy) is 2. The largest absolute Gasteiger partial charge is 0.460 e. The lowest BCUT2D eigenvalue weighted by Gasteiger charge is -2.15. The maximum Gasteiger partial charge on any atom is 0.407 e. The fourth-order valence-corrected chi connectivity index (χ4v) is 4.54. The molecule has 0 aromatic heterocycles. The number of esters is 1. The maximum atomic E-state index is 12.3. The van der Waals surface area contributed by atoms with Gasteiger partial charge in [-0.15, -0.1) is 0 Å². The van der Waals surface area contributed by atoms with Crippen LogP contribution in [0.25, 0.3) is 11.1 Å². The van der Waals surface area contributed by atoms with E-state index in [1.54, 1.807) is 0 Å². The number of rotatable bonds is 12. The van der Waals surface area contributed by atoms with Crippen LogP contribution in [0.2, 0.25) is 0 Å². The monoisotopic (exact) mass is 515 g/mol. The smallest absolute Gasteiger partial charge is 0.407 e. The third-order valence-corrected chi connectivity index (χ3v) is 6.54. The molecule has 38 heavy (non-hydrogen) atoms. The Morgan fingerprint density at radius 1 is 0.789 bits per heavy atom. The van der Waals surface area contributed by atoms with Crippen LogP contribution in [0.4, 0.5) is 4.79 Å². The molecule has 4 rings (SSSR count). The van der Waals surface area contributed by atoms with Crippen LogP contribution in [0.15, 0.2) is 78.9 Å². The molecular weight excluding hydrogens is 482 g/mol. The molecule has 0 fully saturated rings. The lowest BCUT2D eigenvalue weighted by atomic mass is 9.98. The van der Waals surface area contributed by atoms with Gasteiger partial charge >= 0.3 is 12.1 Å². The van der Waals surface area contributed by atoms with Crippen LogP contribution < -0.4 is 16.4 Å². The van der Waals surface area contributed by atoms with Gasteiger partial charge in [0.15, 0.2) is 0 Å². The van der Waals surface area contributed by atoms with E-state index in [-0.39, 0.29) is 25.7 Å². The zero-order valence-corrected chi connectivity index (χ0v) is 21.2. The summed E-state index contributed by atoms with van der Waals surface area (Å²) in [7, 11) is 0. The van der Waals surface area contributed by atoms with Gasteiger partial charge in [-0.2, -0.15) is 0 Å². The molecule has 2 amide bonds. The molecule has 3 aromatic rings. The van der Waals surface area contributed by atoms with Gasteiger partial charge in [-0.05, 0) is 47.1 Å². The van der Waals surface area contributed by atoms with Crippen LogP contribution in [-0.2, 0) is 25.7 Å². The Morgan fingerprint density at radius 3 is 2.11 bits per heavy atom.